The van der Waals surface area contributed by atoms with Crippen LogP contribution >= 0.6 is 11.3 Å². The summed E-state index contributed by atoms with van der Waals surface area (Å²) >= 11 is 1.61. The molecule has 0 fully saturated rings. The normalized spacial score (nSPS) is 10.4. The van der Waals surface area contributed by atoms with Gasteiger partial charge in [-0.2, -0.15) is 5.10 Å². The minimum Gasteiger partial charge on any atom is -0.266 e. The van der Waals surface area contributed by atoms with E-state index >= 15 is 0 Å². The molecule has 0 aliphatic carbocycles. The van der Waals surface area contributed by atoms with Gasteiger partial charge in [0.25, 0.3) is 0 Å². The molecule has 0 bridgehead atoms. The lowest BCUT2D eigenvalue weighted by molar-refractivity contribution is 0.675. The van der Waals surface area contributed by atoms with E-state index in [1.165, 1.54) is 5.56 Å². The third-order valence-corrected chi connectivity index (χ3v) is 2.21. The summed E-state index contributed by atoms with van der Waals surface area (Å²) in [6.07, 6.45) is 3.87. The lowest BCUT2D eigenvalue weighted by Gasteiger charge is -1.95. The molecule has 0 N–H and O–H groups in total. The first-order chi connectivity index (χ1) is 5.84. The van der Waals surface area contributed by atoms with E-state index < -0.39 is 0 Å². The van der Waals surface area contributed by atoms with Gasteiger partial charge in [-0.05, 0) is 12.5 Å². The standard InChI is InChI=1S/C8H9N3S/c1-7-2-10-11(3-7)4-8-5-12-6-9-8/h2-3,5-6H,4H2,1H3. The first-order valence-corrected chi connectivity index (χ1v) is 4.65. The number of rotatable bonds is 2. The zero-order valence-electron chi connectivity index (χ0n) is 6.77. The van der Waals surface area contributed by atoms with Crippen molar-refractivity contribution in [3.05, 3.63) is 34.5 Å². The Morgan fingerprint density at radius 3 is 3.08 bits per heavy atom. The second kappa shape index (κ2) is 3.06. The Morgan fingerprint density at radius 2 is 2.50 bits per heavy atom. The minimum absolute atomic E-state index is 0.775. The van der Waals surface area contributed by atoms with Gasteiger partial charge in [0.05, 0.1) is 23.9 Å². The van der Waals surface area contributed by atoms with Gasteiger partial charge in [-0.15, -0.1) is 11.3 Å². The zero-order valence-corrected chi connectivity index (χ0v) is 7.58. The van der Waals surface area contributed by atoms with E-state index in [2.05, 4.69) is 10.1 Å². The smallest absolute Gasteiger partial charge is 0.0839 e. The second-order valence-corrected chi connectivity index (χ2v) is 3.41. The van der Waals surface area contributed by atoms with Gasteiger partial charge >= 0.3 is 0 Å². The molecule has 0 atom stereocenters. The summed E-state index contributed by atoms with van der Waals surface area (Å²) in [5, 5.41) is 6.21. The molecular weight excluding hydrogens is 170 g/mol. The fourth-order valence-electron chi connectivity index (χ4n) is 1.04. The molecule has 0 spiro atoms. The molecule has 2 heterocycles. The van der Waals surface area contributed by atoms with E-state index in [1.807, 2.05) is 34.9 Å². The predicted molar refractivity (Wildman–Crippen MR) is 48.2 cm³/mol. The monoisotopic (exact) mass is 179 g/mol. The van der Waals surface area contributed by atoms with Gasteiger partial charge in [0.15, 0.2) is 0 Å². The summed E-state index contributed by atoms with van der Waals surface area (Å²) < 4.78 is 1.89. The number of aryl methyl sites for hydroxylation is 1. The molecular formula is C8H9N3S. The lowest BCUT2D eigenvalue weighted by atomic mass is 10.4. The molecule has 2 aromatic rings. The zero-order chi connectivity index (χ0) is 8.39. The van der Waals surface area contributed by atoms with Crippen molar-refractivity contribution in [2.75, 3.05) is 0 Å². The molecule has 2 aromatic heterocycles. The number of hydrogen-bond donors (Lipinski definition) is 0. The first kappa shape index (κ1) is 7.49. The largest absolute Gasteiger partial charge is 0.266 e. The van der Waals surface area contributed by atoms with Crippen molar-refractivity contribution in [1.29, 1.82) is 0 Å². The van der Waals surface area contributed by atoms with E-state index in [-0.39, 0.29) is 0 Å². The average molecular weight is 179 g/mol. The van der Waals surface area contributed by atoms with Crippen molar-refractivity contribution in [2.45, 2.75) is 13.5 Å². The maximum Gasteiger partial charge on any atom is 0.0839 e. The van der Waals surface area contributed by atoms with Crippen molar-refractivity contribution in [1.82, 2.24) is 14.8 Å². The van der Waals surface area contributed by atoms with Crippen molar-refractivity contribution in [3.63, 3.8) is 0 Å². The predicted octanol–water partition coefficient (Wildman–Crippen LogP) is 1.70. The summed E-state index contributed by atoms with van der Waals surface area (Å²) in [5.41, 5.74) is 4.10. The van der Waals surface area contributed by atoms with Gasteiger partial charge in [-0.1, -0.05) is 0 Å². The van der Waals surface area contributed by atoms with Crippen LogP contribution in [0.5, 0.6) is 0 Å². The Morgan fingerprint density at radius 1 is 1.58 bits per heavy atom. The molecule has 12 heavy (non-hydrogen) atoms. The fourth-order valence-corrected chi connectivity index (χ4v) is 1.58. The van der Waals surface area contributed by atoms with E-state index in [4.69, 9.17) is 0 Å². The van der Waals surface area contributed by atoms with Crippen LogP contribution in [0.25, 0.3) is 0 Å². The van der Waals surface area contributed by atoms with Gasteiger partial charge < -0.3 is 0 Å². The van der Waals surface area contributed by atoms with Gasteiger partial charge in [0.1, 0.15) is 0 Å². The van der Waals surface area contributed by atoms with Crippen LogP contribution in [0.15, 0.2) is 23.3 Å². The molecule has 0 amide bonds. The molecule has 0 aromatic carbocycles. The van der Waals surface area contributed by atoms with Gasteiger partial charge in [-0.3, -0.25) is 4.68 Å². The van der Waals surface area contributed by atoms with Crippen molar-refractivity contribution < 1.29 is 0 Å². The summed E-state index contributed by atoms with van der Waals surface area (Å²) in [7, 11) is 0. The topological polar surface area (TPSA) is 30.7 Å². The van der Waals surface area contributed by atoms with Gasteiger partial charge in [0, 0.05) is 11.6 Å². The summed E-state index contributed by atoms with van der Waals surface area (Å²) in [6, 6.07) is 0. The van der Waals surface area contributed by atoms with E-state index in [0.29, 0.717) is 0 Å². The third-order valence-electron chi connectivity index (χ3n) is 1.57. The number of aromatic nitrogens is 3. The van der Waals surface area contributed by atoms with Gasteiger partial charge in [0.2, 0.25) is 0 Å². The fraction of sp³-hybridized carbons (Fsp3) is 0.250. The average Bonchev–Trinajstić information content (AvgIpc) is 2.63. The molecule has 0 radical (unpaired) electrons. The molecule has 62 valence electrons. The number of hydrogen-bond acceptors (Lipinski definition) is 3. The van der Waals surface area contributed by atoms with E-state index in [9.17, 15) is 0 Å². The highest BCUT2D eigenvalue weighted by Crippen LogP contribution is 2.03. The maximum atomic E-state index is 4.18. The SMILES string of the molecule is Cc1cnn(Cc2cscn2)c1. The van der Waals surface area contributed by atoms with Crippen LogP contribution in [0.1, 0.15) is 11.3 Å². The molecule has 2 rings (SSSR count). The molecule has 0 aliphatic rings. The highest BCUT2D eigenvalue weighted by atomic mass is 32.1. The third kappa shape index (κ3) is 1.53. The highest BCUT2D eigenvalue weighted by molar-refractivity contribution is 7.07. The molecule has 3 nitrogen and oxygen atoms in total. The first-order valence-electron chi connectivity index (χ1n) is 3.71. The maximum absolute atomic E-state index is 4.18. The Labute approximate surface area is 74.7 Å². The minimum atomic E-state index is 0.775. The van der Waals surface area contributed by atoms with Crippen LogP contribution in [-0.2, 0) is 6.54 Å². The Balaban J connectivity index is 2.14. The molecule has 0 saturated heterocycles. The Kier molecular flexibility index (Phi) is 1.91. The number of nitrogens with zero attached hydrogens (tertiary/aromatic N) is 3. The van der Waals surface area contributed by atoms with Crippen LogP contribution in [0, 0.1) is 6.92 Å². The Bertz CT molecular complexity index is 350. The van der Waals surface area contributed by atoms with E-state index in [1.54, 1.807) is 11.3 Å². The lowest BCUT2D eigenvalue weighted by Crippen LogP contribution is -1.99. The molecule has 4 heteroatoms. The summed E-state index contributed by atoms with van der Waals surface area (Å²) in [5.74, 6) is 0. The summed E-state index contributed by atoms with van der Waals surface area (Å²) in [6.45, 7) is 2.81. The highest BCUT2D eigenvalue weighted by Gasteiger charge is 1.97. The van der Waals surface area contributed by atoms with Crippen molar-refractivity contribution in [3.8, 4) is 0 Å². The van der Waals surface area contributed by atoms with Crippen LogP contribution < -0.4 is 0 Å². The molecule has 0 saturated carbocycles. The van der Waals surface area contributed by atoms with Gasteiger partial charge in [-0.25, -0.2) is 4.98 Å². The van der Waals surface area contributed by atoms with E-state index in [0.717, 1.165) is 12.2 Å². The molecule has 0 unspecified atom stereocenters. The van der Waals surface area contributed by atoms with Crippen LogP contribution in [-0.4, -0.2) is 14.8 Å². The van der Waals surface area contributed by atoms with Crippen LogP contribution in [0.3, 0.4) is 0 Å². The second-order valence-electron chi connectivity index (χ2n) is 2.70. The molecule has 0 aliphatic heterocycles. The summed E-state index contributed by atoms with van der Waals surface area (Å²) in [4.78, 5) is 4.18. The van der Waals surface area contributed by atoms with Crippen molar-refractivity contribution in [2.24, 2.45) is 0 Å². The Hall–Kier alpha value is -1.16. The van der Waals surface area contributed by atoms with Crippen molar-refractivity contribution >= 4 is 11.3 Å². The van der Waals surface area contributed by atoms with Crippen LogP contribution in [0.2, 0.25) is 0 Å². The quantitative estimate of drug-likeness (QED) is 0.702. The van der Waals surface area contributed by atoms with Crippen LogP contribution in [0.4, 0.5) is 0 Å². The number of thiazole rings is 1.